The van der Waals surface area contributed by atoms with Gasteiger partial charge in [0.2, 0.25) is 0 Å². The van der Waals surface area contributed by atoms with Crippen LogP contribution in [0.3, 0.4) is 0 Å². The van der Waals surface area contributed by atoms with E-state index in [1.807, 2.05) is 0 Å². The molecule has 0 saturated carbocycles. The monoisotopic (exact) mass is 292 g/mol. The van der Waals surface area contributed by atoms with Crippen LogP contribution in [0.15, 0.2) is 36.5 Å². The van der Waals surface area contributed by atoms with Crippen molar-refractivity contribution >= 4 is 5.97 Å². The molecule has 0 unspecified atom stereocenters. The van der Waals surface area contributed by atoms with Crippen LogP contribution < -0.4 is 0 Å². The third kappa shape index (κ3) is 18.7. The molecule has 0 aromatic carbocycles. The molecular weight excluding hydrogens is 260 g/mol. The normalized spacial score (nSPS) is 12.0. The summed E-state index contributed by atoms with van der Waals surface area (Å²) < 4.78 is 0. The number of unbranched alkanes of at least 4 members (excludes halogenated alkanes) is 6. The van der Waals surface area contributed by atoms with E-state index in [0.29, 0.717) is 6.42 Å². The lowest BCUT2D eigenvalue weighted by Crippen LogP contribution is -1.93. The van der Waals surface area contributed by atoms with E-state index in [-0.39, 0.29) is 0 Å². The first kappa shape index (κ1) is 19.7. The van der Waals surface area contributed by atoms with Gasteiger partial charge in [-0.05, 0) is 38.5 Å². The van der Waals surface area contributed by atoms with Crippen LogP contribution in [0.2, 0.25) is 0 Å². The van der Waals surface area contributed by atoms with Crippen LogP contribution in [0.1, 0.15) is 77.6 Å². The Bertz CT molecular complexity index is 314. The average molecular weight is 292 g/mol. The molecule has 0 aromatic heterocycles. The molecule has 0 aromatic rings. The summed E-state index contributed by atoms with van der Waals surface area (Å²) in [5.74, 6) is -0.671. The molecule has 0 spiro atoms. The summed E-state index contributed by atoms with van der Waals surface area (Å²) in [5.41, 5.74) is 0. The third-order valence-electron chi connectivity index (χ3n) is 3.29. The van der Waals surface area contributed by atoms with Gasteiger partial charge in [0, 0.05) is 6.42 Å². The highest BCUT2D eigenvalue weighted by Gasteiger charge is 1.95. The van der Waals surface area contributed by atoms with Gasteiger partial charge in [-0.1, -0.05) is 69.1 Å². The fourth-order valence-corrected chi connectivity index (χ4v) is 2.07. The quantitative estimate of drug-likeness (QED) is 0.312. The number of hydrogen-bond donors (Lipinski definition) is 1. The molecule has 0 aliphatic carbocycles. The number of allylic oxidation sites excluding steroid dienone is 6. The second kappa shape index (κ2) is 16.7. The van der Waals surface area contributed by atoms with E-state index in [1.165, 1.54) is 32.1 Å². The summed E-state index contributed by atoms with van der Waals surface area (Å²) >= 11 is 0. The highest BCUT2D eigenvalue weighted by atomic mass is 16.4. The van der Waals surface area contributed by atoms with E-state index in [2.05, 4.69) is 43.4 Å². The molecule has 0 atom stereocenters. The highest BCUT2D eigenvalue weighted by Crippen LogP contribution is 2.09. The lowest BCUT2D eigenvalue weighted by Gasteiger charge is -1.99. The molecule has 0 aliphatic heterocycles. The summed E-state index contributed by atoms with van der Waals surface area (Å²) in [6, 6.07) is 0. The predicted octanol–water partition coefficient (Wildman–Crippen LogP) is 6.05. The van der Waals surface area contributed by atoms with E-state index in [9.17, 15) is 4.79 Å². The Morgan fingerprint density at radius 3 is 1.90 bits per heavy atom. The van der Waals surface area contributed by atoms with Gasteiger partial charge in [-0.2, -0.15) is 0 Å². The van der Waals surface area contributed by atoms with Crippen molar-refractivity contribution < 1.29 is 9.90 Å². The van der Waals surface area contributed by atoms with Gasteiger partial charge < -0.3 is 5.11 Å². The van der Waals surface area contributed by atoms with Gasteiger partial charge in [0.1, 0.15) is 0 Å². The number of aliphatic carboxylic acids is 1. The van der Waals surface area contributed by atoms with Crippen molar-refractivity contribution in [2.45, 2.75) is 77.6 Å². The molecular formula is C19H32O2. The Morgan fingerprint density at radius 1 is 0.762 bits per heavy atom. The van der Waals surface area contributed by atoms with Crippen LogP contribution >= 0.6 is 0 Å². The Hall–Kier alpha value is -1.31. The average Bonchev–Trinajstić information content (AvgIpc) is 2.46. The minimum Gasteiger partial charge on any atom is -0.481 e. The number of carboxylic acids is 1. The Balaban J connectivity index is 3.22. The summed E-state index contributed by atoms with van der Waals surface area (Å²) in [5, 5.41) is 8.51. The molecule has 2 nitrogen and oxygen atoms in total. The smallest absolute Gasteiger partial charge is 0.303 e. The lowest BCUT2D eigenvalue weighted by molar-refractivity contribution is -0.137. The zero-order valence-electron chi connectivity index (χ0n) is 13.6. The van der Waals surface area contributed by atoms with Crippen molar-refractivity contribution in [2.75, 3.05) is 0 Å². The molecule has 0 aliphatic rings. The fraction of sp³-hybridized carbons (Fsp3) is 0.632. The zero-order valence-corrected chi connectivity index (χ0v) is 13.6. The van der Waals surface area contributed by atoms with Crippen LogP contribution in [-0.4, -0.2) is 11.1 Å². The number of carboxylic acid groups (broad SMARTS) is 1. The van der Waals surface area contributed by atoms with Crippen molar-refractivity contribution in [3.05, 3.63) is 36.5 Å². The molecule has 0 bridgehead atoms. The molecule has 0 fully saturated rings. The first-order valence-corrected chi connectivity index (χ1v) is 8.44. The van der Waals surface area contributed by atoms with Gasteiger partial charge in [0.25, 0.3) is 0 Å². The summed E-state index contributed by atoms with van der Waals surface area (Å²) in [6.07, 6.45) is 24.8. The maximum absolute atomic E-state index is 10.3. The molecule has 0 heterocycles. The second-order valence-corrected chi connectivity index (χ2v) is 5.35. The maximum Gasteiger partial charge on any atom is 0.303 e. The number of hydrogen-bond acceptors (Lipinski definition) is 1. The van der Waals surface area contributed by atoms with E-state index in [0.717, 1.165) is 32.1 Å². The van der Waals surface area contributed by atoms with Gasteiger partial charge in [0.15, 0.2) is 0 Å². The Kier molecular flexibility index (Phi) is 15.7. The summed E-state index contributed by atoms with van der Waals surface area (Å²) in [4.78, 5) is 10.3. The van der Waals surface area contributed by atoms with Gasteiger partial charge in [0.05, 0.1) is 0 Å². The minimum atomic E-state index is -0.671. The molecule has 0 rings (SSSR count). The lowest BCUT2D eigenvalue weighted by atomic mass is 10.1. The third-order valence-corrected chi connectivity index (χ3v) is 3.29. The fourth-order valence-electron chi connectivity index (χ4n) is 2.07. The van der Waals surface area contributed by atoms with E-state index >= 15 is 0 Å². The number of carbonyl (C=O) groups is 1. The van der Waals surface area contributed by atoms with Crippen LogP contribution in [-0.2, 0) is 4.79 Å². The Labute approximate surface area is 130 Å². The molecule has 0 amide bonds. The SMILES string of the molecule is CC/C=C/C/C=C/C/C=C\CCCCCCCCC(=O)O. The second-order valence-electron chi connectivity index (χ2n) is 5.35. The largest absolute Gasteiger partial charge is 0.481 e. The van der Waals surface area contributed by atoms with E-state index in [1.54, 1.807) is 0 Å². The zero-order chi connectivity index (χ0) is 15.6. The summed E-state index contributed by atoms with van der Waals surface area (Å²) in [6.45, 7) is 2.15. The summed E-state index contributed by atoms with van der Waals surface area (Å²) in [7, 11) is 0. The van der Waals surface area contributed by atoms with Gasteiger partial charge >= 0.3 is 5.97 Å². The predicted molar refractivity (Wildman–Crippen MR) is 91.5 cm³/mol. The van der Waals surface area contributed by atoms with Crippen molar-refractivity contribution in [1.29, 1.82) is 0 Å². The van der Waals surface area contributed by atoms with Crippen molar-refractivity contribution in [1.82, 2.24) is 0 Å². The molecule has 120 valence electrons. The molecule has 0 saturated heterocycles. The van der Waals surface area contributed by atoms with Gasteiger partial charge in [-0.15, -0.1) is 0 Å². The molecule has 2 heteroatoms. The van der Waals surface area contributed by atoms with Gasteiger partial charge in [-0.25, -0.2) is 0 Å². The van der Waals surface area contributed by atoms with E-state index < -0.39 is 5.97 Å². The first-order chi connectivity index (χ1) is 10.3. The van der Waals surface area contributed by atoms with Crippen LogP contribution in [0.25, 0.3) is 0 Å². The van der Waals surface area contributed by atoms with Crippen LogP contribution in [0.4, 0.5) is 0 Å². The van der Waals surface area contributed by atoms with Crippen molar-refractivity contribution in [3.8, 4) is 0 Å². The number of rotatable bonds is 14. The minimum absolute atomic E-state index is 0.324. The maximum atomic E-state index is 10.3. The molecule has 0 radical (unpaired) electrons. The van der Waals surface area contributed by atoms with Crippen molar-refractivity contribution in [2.24, 2.45) is 0 Å². The molecule has 1 N–H and O–H groups in total. The van der Waals surface area contributed by atoms with Crippen LogP contribution in [0, 0.1) is 0 Å². The van der Waals surface area contributed by atoms with Crippen LogP contribution in [0.5, 0.6) is 0 Å². The van der Waals surface area contributed by atoms with E-state index in [4.69, 9.17) is 5.11 Å². The first-order valence-electron chi connectivity index (χ1n) is 8.44. The Morgan fingerprint density at radius 2 is 1.29 bits per heavy atom. The molecule has 21 heavy (non-hydrogen) atoms. The topological polar surface area (TPSA) is 37.3 Å². The van der Waals surface area contributed by atoms with Gasteiger partial charge in [-0.3, -0.25) is 4.79 Å². The van der Waals surface area contributed by atoms with Crippen molar-refractivity contribution in [3.63, 3.8) is 0 Å². The standard InChI is InChI=1S/C19H32O2/c1-2-3-4-5-6-7-8-9-10-11-12-13-14-15-16-17-18-19(20)21/h3-4,6-7,9-10H,2,5,8,11-18H2,1H3,(H,20,21)/b4-3+,7-6+,10-9-. The highest BCUT2D eigenvalue weighted by molar-refractivity contribution is 5.66.